The molecule has 0 aliphatic carbocycles. The van der Waals surface area contributed by atoms with Gasteiger partial charge in [0, 0.05) is 45.8 Å². The summed E-state index contributed by atoms with van der Waals surface area (Å²) in [4.78, 5) is 30.7. The summed E-state index contributed by atoms with van der Waals surface area (Å²) >= 11 is 6.18. The van der Waals surface area contributed by atoms with Crippen molar-refractivity contribution in [2.75, 3.05) is 37.6 Å². The summed E-state index contributed by atoms with van der Waals surface area (Å²) in [5, 5.41) is 4.27. The number of hydrogen-bond acceptors (Lipinski definition) is 5. The molecule has 2 saturated heterocycles. The first kappa shape index (κ1) is 17.2. The van der Waals surface area contributed by atoms with Gasteiger partial charge in [0.05, 0.1) is 17.9 Å². The van der Waals surface area contributed by atoms with Crippen LogP contribution in [0.15, 0.2) is 11.0 Å². The lowest BCUT2D eigenvalue weighted by atomic mass is 10.1. The van der Waals surface area contributed by atoms with Gasteiger partial charge < -0.3 is 9.80 Å². The van der Waals surface area contributed by atoms with Crippen LogP contribution in [0.2, 0.25) is 5.02 Å². The molecule has 1 amide bonds. The lowest BCUT2D eigenvalue weighted by molar-refractivity contribution is -0.133. The van der Waals surface area contributed by atoms with Crippen molar-refractivity contribution in [1.29, 1.82) is 0 Å². The monoisotopic (exact) mass is 353 g/mol. The molecule has 0 aromatic carbocycles. The van der Waals surface area contributed by atoms with Gasteiger partial charge in [0.2, 0.25) is 5.91 Å². The molecule has 1 aromatic rings. The highest BCUT2D eigenvalue weighted by Crippen LogP contribution is 2.25. The molecular weight excluding hydrogens is 330 g/mol. The van der Waals surface area contributed by atoms with Gasteiger partial charge in [-0.1, -0.05) is 11.6 Å². The molecule has 1 unspecified atom stereocenters. The average Bonchev–Trinajstić information content (AvgIpc) is 2.95. The van der Waals surface area contributed by atoms with E-state index in [1.165, 1.54) is 4.68 Å². The number of amides is 1. The number of halogens is 1. The maximum absolute atomic E-state index is 12.5. The molecule has 1 aromatic heterocycles. The second-order valence-electron chi connectivity index (χ2n) is 6.73. The number of aromatic nitrogens is 2. The van der Waals surface area contributed by atoms with Crippen LogP contribution in [0, 0.1) is 0 Å². The Hall–Kier alpha value is -1.60. The normalized spacial score (nSPS) is 22.7. The van der Waals surface area contributed by atoms with E-state index in [0.717, 1.165) is 39.1 Å². The molecule has 0 radical (unpaired) electrons. The summed E-state index contributed by atoms with van der Waals surface area (Å²) in [5.74, 6) is 0.242. The van der Waals surface area contributed by atoms with Gasteiger partial charge in [-0.3, -0.25) is 14.5 Å². The van der Waals surface area contributed by atoms with E-state index in [1.54, 1.807) is 13.2 Å². The van der Waals surface area contributed by atoms with E-state index >= 15 is 0 Å². The smallest absolute Gasteiger partial charge is 0.287 e. The van der Waals surface area contributed by atoms with E-state index in [9.17, 15) is 9.59 Å². The van der Waals surface area contributed by atoms with Crippen molar-refractivity contribution in [3.05, 3.63) is 21.6 Å². The van der Waals surface area contributed by atoms with Gasteiger partial charge in [-0.15, -0.1) is 0 Å². The zero-order valence-electron chi connectivity index (χ0n) is 14.4. The molecule has 0 N–H and O–H groups in total. The first-order valence-electron chi connectivity index (χ1n) is 8.41. The van der Waals surface area contributed by atoms with Crippen LogP contribution in [-0.4, -0.2) is 70.3 Å². The molecule has 3 rings (SSSR count). The van der Waals surface area contributed by atoms with Gasteiger partial charge >= 0.3 is 0 Å². The van der Waals surface area contributed by atoms with Gasteiger partial charge in [0.25, 0.3) is 5.56 Å². The van der Waals surface area contributed by atoms with Crippen molar-refractivity contribution in [2.45, 2.75) is 32.4 Å². The number of piperazine rings is 1. The number of aryl methyl sites for hydroxylation is 1. The number of nitrogens with zero attached hydrogens (tertiary/aromatic N) is 5. The minimum Gasteiger partial charge on any atom is -0.366 e. The quantitative estimate of drug-likeness (QED) is 0.795. The van der Waals surface area contributed by atoms with Gasteiger partial charge in [-0.2, -0.15) is 5.10 Å². The van der Waals surface area contributed by atoms with E-state index in [-0.39, 0.29) is 28.6 Å². The van der Waals surface area contributed by atoms with Crippen LogP contribution in [0.4, 0.5) is 5.69 Å². The van der Waals surface area contributed by atoms with Crippen LogP contribution < -0.4 is 10.5 Å². The van der Waals surface area contributed by atoms with Crippen LogP contribution in [0.5, 0.6) is 0 Å². The number of carbonyl (C=O) groups excluding carboxylic acids is 1. The van der Waals surface area contributed by atoms with Crippen LogP contribution in [0.25, 0.3) is 0 Å². The topological polar surface area (TPSA) is 61.7 Å². The summed E-state index contributed by atoms with van der Waals surface area (Å²) in [5.41, 5.74) is 0.399. The molecule has 2 aliphatic rings. The summed E-state index contributed by atoms with van der Waals surface area (Å²) in [6.45, 7) is 8.00. The lowest BCUT2D eigenvalue weighted by Gasteiger charge is -2.38. The van der Waals surface area contributed by atoms with Gasteiger partial charge in [-0.05, 0) is 20.3 Å². The highest BCUT2D eigenvalue weighted by atomic mass is 35.5. The fraction of sp³-hybridized carbons (Fsp3) is 0.688. The third kappa shape index (κ3) is 3.02. The van der Waals surface area contributed by atoms with E-state index in [4.69, 9.17) is 11.6 Å². The third-order valence-electron chi connectivity index (χ3n) is 4.99. The maximum atomic E-state index is 12.5. The summed E-state index contributed by atoms with van der Waals surface area (Å²) < 4.78 is 1.24. The first-order valence-corrected chi connectivity index (χ1v) is 8.79. The van der Waals surface area contributed by atoms with E-state index in [0.29, 0.717) is 5.69 Å². The predicted molar refractivity (Wildman–Crippen MR) is 93.5 cm³/mol. The van der Waals surface area contributed by atoms with Crippen LogP contribution in [-0.2, 0) is 11.8 Å². The van der Waals surface area contributed by atoms with E-state index < -0.39 is 0 Å². The van der Waals surface area contributed by atoms with Crippen LogP contribution in [0.1, 0.15) is 20.3 Å². The largest absolute Gasteiger partial charge is 0.366 e. The van der Waals surface area contributed by atoms with Crippen molar-refractivity contribution in [1.82, 2.24) is 19.6 Å². The van der Waals surface area contributed by atoms with Gasteiger partial charge in [0.1, 0.15) is 5.02 Å². The van der Waals surface area contributed by atoms with Gasteiger partial charge in [0.15, 0.2) is 0 Å². The Bertz CT molecular complexity index is 682. The Balaban J connectivity index is 1.66. The number of rotatable bonds is 3. The molecule has 3 heterocycles. The minimum atomic E-state index is -0.282. The summed E-state index contributed by atoms with van der Waals surface area (Å²) in [7, 11) is 1.59. The molecule has 0 saturated carbocycles. The van der Waals surface area contributed by atoms with Crippen LogP contribution >= 0.6 is 11.6 Å². The van der Waals surface area contributed by atoms with Crippen molar-refractivity contribution in [2.24, 2.45) is 7.05 Å². The fourth-order valence-corrected chi connectivity index (χ4v) is 3.83. The Morgan fingerprint density at radius 2 is 1.83 bits per heavy atom. The van der Waals surface area contributed by atoms with Crippen molar-refractivity contribution in [3.63, 3.8) is 0 Å². The second-order valence-corrected chi connectivity index (χ2v) is 7.10. The molecule has 8 heteroatoms. The van der Waals surface area contributed by atoms with Crippen molar-refractivity contribution >= 4 is 23.2 Å². The Morgan fingerprint density at radius 3 is 2.42 bits per heavy atom. The number of hydrogen-bond donors (Lipinski definition) is 0. The third-order valence-corrected chi connectivity index (χ3v) is 5.35. The predicted octanol–water partition coefficient (Wildman–Crippen LogP) is 0.565. The Kier molecular flexibility index (Phi) is 4.83. The molecule has 0 bridgehead atoms. The zero-order chi connectivity index (χ0) is 17.4. The van der Waals surface area contributed by atoms with Crippen LogP contribution in [0.3, 0.4) is 0 Å². The Labute approximate surface area is 146 Å². The SMILES string of the molecule is CC(C)N1CCC(N2CCN(c3cnn(C)c(=O)c3Cl)CC2)C1=O. The van der Waals surface area contributed by atoms with Crippen molar-refractivity contribution in [3.8, 4) is 0 Å². The fourth-order valence-electron chi connectivity index (χ4n) is 3.53. The number of likely N-dealkylation sites (tertiary alicyclic amines) is 1. The minimum absolute atomic E-state index is 0.00760. The molecule has 2 aliphatic heterocycles. The van der Waals surface area contributed by atoms with E-state index in [1.807, 2.05) is 4.90 Å². The highest BCUT2D eigenvalue weighted by molar-refractivity contribution is 6.33. The molecule has 7 nitrogen and oxygen atoms in total. The highest BCUT2D eigenvalue weighted by Gasteiger charge is 2.38. The Morgan fingerprint density at radius 1 is 1.17 bits per heavy atom. The maximum Gasteiger partial charge on any atom is 0.287 e. The number of anilines is 1. The lowest BCUT2D eigenvalue weighted by Crippen LogP contribution is -2.53. The zero-order valence-corrected chi connectivity index (χ0v) is 15.2. The molecule has 0 spiro atoms. The molecule has 1 atom stereocenters. The van der Waals surface area contributed by atoms with Crippen molar-refractivity contribution < 1.29 is 4.79 Å². The first-order chi connectivity index (χ1) is 11.4. The second kappa shape index (κ2) is 6.72. The number of carbonyl (C=O) groups is 1. The summed E-state index contributed by atoms with van der Waals surface area (Å²) in [6.07, 6.45) is 2.53. The van der Waals surface area contributed by atoms with E-state index in [2.05, 4.69) is 28.7 Å². The summed E-state index contributed by atoms with van der Waals surface area (Å²) in [6, 6.07) is 0.251. The molecule has 2 fully saturated rings. The molecule has 132 valence electrons. The standard InChI is InChI=1S/C16H24ClN5O2/c1-11(2)22-5-4-12(15(22)23)20-6-8-21(9-7-20)13-10-18-19(3)16(24)14(13)17/h10-12H,4-9H2,1-3H3. The average molecular weight is 354 g/mol. The molecule has 24 heavy (non-hydrogen) atoms. The molecular formula is C16H24ClN5O2. The van der Waals surface area contributed by atoms with Gasteiger partial charge in [-0.25, -0.2) is 4.68 Å².